The van der Waals surface area contributed by atoms with Gasteiger partial charge in [-0.2, -0.15) is 0 Å². The number of hydrogen-bond donors (Lipinski definition) is 0. The lowest BCUT2D eigenvalue weighted by Gasteiger charge is -2.15. The maximum absolute atomic E-state index is 5.38. The van der Waals surface area contributed by atoms with E-state index >= 15 is 0 Å². The zero-order chi connectivity index (χ0) is 12.8. The SMILES string of the molecule is C=COc1c(OC)cc(C=C)c(C=C)c1C=C. The highest BCUT2D eigenvalue weighted by Crippen LogP contribution is 2.38. The van der Waals surface area contributed by atoms with E-state index in [9.17, 15) is 0 Å². The molecule has 1 aromatic rings. The molecule has 2 heteroatoms. The van der Waals surface area contributed by atoms with Crippen molar-refractivity contribution in [1.29, 1.82) is 0 Å². The molecule has 1 aromatic carbocycles. The summed E-state index contributed by atoms with van der Waals surface area (Å²) in [6.07, 6.45) is 6.53. The van der Waals surface area contributed by atoms with Crippen molar-refractivity contribution in [3.63, 3.8) is 0 Å². The summed E-state index contributed by atoms with van der Waals surface area (Å²) in [5.41, 5.74) is 2.64. The summed E-state index contributed by atoms with van der Waals surface area (Å²) in [7, 11) is 1.58. The molecule has 0 unspecified atom stereocenters. The fourth-order valence-electron chi connectivity index (χ4n) is 1.65. The molecule has 0 aliphatic rings. The van der Waals surface area contributed by atoms with Crippen LogP contribution in [0.3, 0.4) is 0 Å². The Bertz CT molecular complexity index is 470. The largest absolute Gasteiger partial charge is 0.493 e. The van der Waals surface area contributed by atoms with Crippen molar-refractivity contribution in [1.82, 2.24) is 0 Å². The number of methoxy groups -OCH3 is 1. The molecule has 0 saturated heterocycles. The van der Waals surface area contributed by atoms with E-state index in [1.165, 1.54) is 6.26 Å². The van der Waals surface area contributed by atoms with Gasteiger partial charge in [-0.1, -0.05) is 44.5 Å². The summed E-state index contributed by atoms with van der Waals surface area (Å²) in [4.78, 5) is 0. The quantitative estimate of drug-likeness (QED) is 0.681. The van der Waals surface area contributed by atoms with Gasteiger partial charge in [0.05, 0.1) is 13.4 Å². The zero-order valence-corrected chi connectivity index (χ0v) is 10.0. The molecule has 0 bridgehead atoms. The molecule has 0 spiro atoms. The van der Waals surface area contributed by atoms with Crippen LogP contribution in [0.2, 0.25) is 0 Å². The highest BCUT2D eigenvalue weighted by molar-refractivity contribution is 5.79. The van der Waals surface area contributed by atoms with Crippen molar-refractivity contribution >= 4 is 18.2 Å². The minimum absolute atomic E-state index is 0.581. The Balaban J connectivity index is 3.66. The minimum Gasteiger partial charge on any atom is -0.493 e. The average Bonchev–Trinajstić information content (AvgIpc) is 2.37. The molecule has 0 aromatic heterocycles. The summed E-state index contributed by atoms with van der Waals surface area (Å²) in [6.45, 7) is 14.9. The van der Waals surface area contributed by atoms with E-state index in [4.69, 9.17) is 9.47 Å². The van der Waals surface area contributed by atoms with E-state index in [2.05, 4.69) is 26.3 Å². The van der Waals surface area contributed by atoms with Crippen LogP contribution in [0.1, 0.15) is 16.7 Å². The fraction of sp³-hybridized carbons (Fsp3) is 0.0667. The molecule has 0 aliphatic heterocycles. The smallest absolute Gasteiger partial charge is 0.176 e. The summed E-state index contributed by atoms with van der Waals surface area (Å²) >= 11 is 0. The summed E-state index contributed by atoms with van der Waals surface area (Å²) in [5.74, 6) is 1.19. The second-order valence-electron chi connectivity index (χ2n) is 3.22. The standard InChI is InChI=1S/C15H16O2/c1-6-11-10-14(16-5)15(17-9-4)13(8-3)12(11)7-2/h6-10H,1-4H2,5H3. The summed E-state index contributed by atoms with van der Waals surface area (Å²) in [6, 6.07) is 1.84. The number of benzene rings is 1. The molecule has 0 atom stereocenters. The molecular weight excluding hydrogens is 212 g/mol. The normalized spacial score (nSPS) is 9.24. The Morgan fingerprint density at radius 1 is 1.00 bits per heavy atom. The predicted molar refractivity (Wildman–Crippen MR) is 74.1 cm³/mol. The maximum atomic E-state index is 5.38. The van der Waals surface area contributed by atoms with Crippen molar-refractivity contribution in [2.24, 2.45) is 0 Å². The van der Waals surface area contributed by atoms with Gasteiger partial charge in [0.2, 0.25) is 0 Å². The van der Waals surface area contributed by atoms with Crippen LogP contribution in [0.25, 0.3) is 18.2 Å². The molecule has 0 saturated carbocycles. The molecule has 0 aliphatic carbocycles. The Hall–Kier alpha value is -2.22. The molecular formula is C15H16O2. The van der Waals surface area contributed by atoms with Crippen LogP contribution in [0.15, 0.2) is 38.6 Å². The molecule has 0 amide bonds. The lowest BCUT2D eigenvalue weighted by Crippen LogP contribution is -1.97. The highest BCUT2D eigenvalue weighted by atomic mass is 16.5. The Morgan fingerprint density at radius 3 is 2.06 bits per heavy atom. The van der Waals surface area contributed by atoms with Crippen molar-refractivity contribution in [3.05, 3.63) is 55.3 Å². The van der Waals surface area contributed by atoms with Gasteiger partial charge in [-0.25, -0.2) is 0 Å². The first-order valence-corrected chi connectivity index (χ1v) is 5.13. The maximum Gasteiger partial charge on any atom is 0.176 e. The summed E-state index contributed by atoms with van der Waals surface area (Å²) in [5, 5.41) is 0. The molecule has 1 rings (SSSR count). The van der Waals surface area contributed by atoms with Crippen molar-refractivity contribution in [3.8, 4) is 11.5 Å². The molecule has 2 nitrogen and oxygen atoms in total. The lowest BCUT2D eigenvalue weighted by molar-refractivity contribution is 0.378. The third-order valence-corrected chi connectivity index (χ3v) is 2.41. The van der Waals surface area contributed by atoms with Gasteiger partial charge >= 0.3 is 0 Å². The van der Waals surface area contributed by atoms with Crippen LogP contribution in [0.4, 0.5) is 0 Å². The van der Waals surface area contributed by atoms with Crippen LogP contribution >= 0.6 is 0 Å². The van der Waals surface area contributed by atoms with Crippen molar-refractivity contribution in [2.45, 2.75) is 0 Å². The number of ether oxygens (including phenoxy) is 2. The Morgan fingerprint density at radius 2 is 1.65 bits per heavy atom. The first-order chi connectivity index (χ1) is 8.23. The van der Waals surface area contributed by atoms with E-state index in [-0.39, 0.29) is 0 Å². The van der Waals surface area contributed by atoms with Gasteiger partial charge in [0, 0.05) is 5.56 Å². The first-order valence-electron chi connectivity index (χ1n) is 5.13. The summed E-state index contributed by atoms with van der Waals surface area (Å²) < 4.78 is 10.7. The van der Waals surface area contributed by atoms with E-state index in [0.717, 1.165) is 16.7 Å². The zero-order valence-electron chi connectivity index (χ0n) is 10.0. The second-order valence-corrected chi connectivity index (χ2v) is 3.22. The van der Waals surface area contributed by atoms with Crippen LogP contribution in [0, 0.1) is 0 Å². The van der Waals surface area contributed by atoms with Gasteiger partial charge < -0.3 is 9.47 Å². The van der Waals surface area contributed by atoms with E-state index in [1.807, 2.05) is 6.07 Å². The third-order valence-electron chi connectivity index (χ3n) is 2.41. The van der Waals surface area contributed by atoms with Gasteiger partial charge in [-0.15, -0.1) is 0 Å². The van der Waals surface area contributed by atoms with Crippen LogP contribution < -0.4 is 9.47 Å². The topological polar surface area (TPSA) is 18.5 Å². The average molecular weight is 228 g/mol. The van der Waals surface area contributed by atoms with Gasteiger partial charge in [0.15, 0.2) is 11.5 Å². The van der Waals surface area contributed by atoms with Crippen molar-refractivity contribution < 1.29 is 9.47 Å². The Labute approximate surface area is 102 Å². The van der Waals surface area contributed by atoms with E-state index in [1.54, 1.807) is 25.3 Å². The molecule has 0 fully saturated rings. The number of hydrogen-bond acceptors (Lipinski definition) is 2. The van der Waals surface area contributed by atoms with Gasteiger partial charge in [0.1, 0.15) is 0 Å². The predicted octanol–water partition coefficient (Wildman–Crippen LogP) is 4.15. The van der Waals surface area contributed by atoms with Crippen molar-refractivity contribution in [2.75, 3.05) is 7.11 Å². The fourth-order valence-corrected chi connectivity index (χ4v) is 1.65. The first kappa shape index (κ1) is 12.8. The molecule has 0 heterocycles. The highest BCUT2D eigenvalue weighted by Gasteiger charge is 2.14. The molecule has 0 N–H and O–H groups in total. The lowest BCUT2D eigenvalue weighted by atomic mass is 9.99. The van der Waals surface area contributed by atoms with Gasteiger partial charge in [0.25, 0.3) is 0 Å². The molecule has 0 radical (unpaired) electrons. The minimum atomic E-state index is 0.581. The van der Waals surface area contributed by atoms with E-state index in [0.29, 0.717) is 11.5 Å². The number of rotatable bonds is 6. The monoisotopic (exact) mass is 228 g/mol. The van der Waals surface area contributed by atoms with Crippen LogP contribution in [-0.4, -0.2) is 7.11 Å². The van der Waals surface area contributed by atoms with E-state index < -0.39 is 0 Å². The van der Waals surface area contributed by atoms with Gasteiger partial charge in [-0.05, 0) is 17.2 Å². The molecule has 88 valence electrons. The Kier molecular flexibility index (Phi) is 4.35. The molecule has 17 heavy (non-hydrogen) atoms. The van der Waals surface area contributed by atoms with Gasteiger partial charge in [-0.3, -0.25) is 0 Å². The second kappa shape index (κ2) is 5.75. The van der Waals surface area contributed by atoms with Crippen LogP contribution in [0.5, 0.6) is 11.5 Å². The van der Waals surface area contributed by atoms with Crippen LogP contribution in [-0.2, 0) is 0 Å². The third kappa shape index (κ3) is 2.31.